The molecule has 3 N–H and O–H groups in total. The summed E-state index contributed by atoms with van der Waals surface area (Å²) >= 11 is 0. The number of benzene rings is 2. The van der Waals surface area contributed by atoms with E-state index in [1.54, 1.807) is 37.4 Å². The molecule has 212 valence electrons. The molecule has 2 unspecified atom stereocenters. The molecule has 0 bridgehead atoms. The molecule has 2 aromatic heterocycles. The largest absolute Gasteiger partial charge is 0.474 e. The molecule has 0 spiro atoms. The van der Waals surface area contributed by atoms with Gasteiger partial charge < -0.3 is 15.8 Å². The van der Waals surface area contributed by atoms with Crippen molar-refractivity contribution in [1.82, 2.24) is 15.0 Å². The van der Waals surface area contributed by atoms with E-state index in [0.29, 0.717) is 46.2 Å². The molecule has 0 radical (unpaired) electrons. The first-order chi connectivity index (χ1) is 19.6. The fourth-order valence-corrected chi connectivity index (χ4v) is 5.18. The van der Waals surface area contributed by atoms with E-state index in [4.69, 9.17) is 10.5 Å². The van der Waals surface area contributed by atoms with Gasteiger partial charge in [0.1, 0.15) is 18.6 Å². The van der Waals surface area contributed by atoms with Crippen LogP contribution < -0.4 is 15.8 Å². The van der Waals surface area contributed by atoms with Gasteiger partial charge in [-0.1, -0.05) is 18.2 Å². The second kappa shape index (κ2) is 11.5. The van der Waals surface area contributed by atoms with E-state index in [1.807, 2.05) is 12.1 Å². The number of carbonyl (C=O) groups is 1. The quantitative estimate of drug-likeness (QED) is 0.150. The number of halogens is 4. The maximum absolute atomic E-state index is 15.7. The third kappa shape index (κ3) is 6.13. The van der Waals surface area contributed by atoms with E-state index in [2.05, 4.69) is 20.3 Å². The summed E-state index contributed by atoms with van der Waals surface area (Å²) in [5, 5.41) is 3.38. The van der Waals surface area contributed by atoms with Crippen LogP contribution in [0.15, 0.2) is 73.3 Å². The minimum absolute atomic E-state index is 0.0346. The van der Waals surface area contributed by atoms with Gasteiger partial charge in [-0.05, 0) is 61.2 Å². The number of nitrogens with zero attached hydrogens (tertiary/aromatic N) is 3. The van der Waals surface area contributed by atoms with Crippen LogP contribution in [0.1, 0.15) is 43.2 Å². The third-order valence-electron chi connectivity index (χ3n) is 7.10. The minimum Gasteiger partial charge on any atom is -0.474 e. The Bertz CT molecular complexity index is 1610. The Kier molecular flexibility index (Phi) is 7.87. The molecule has 2 heterocycles. The zero-order valence-corrected chi connectivity index (χ0v) is 22.0. The molecule has 1 amide bonds. The number of rotatable bonds is 6. The van der Waals surface area contributed by atoms with E-state index >= 15 is 4.39 Å². The molecule has 11 heteroatoms. The number of fused-ring (bicyclic) bond motifs is 1. The van der Waals surface area contributed by atoms with Gasteiger partial charge in [0.05, 0.1) is 11.1 Å². The Morgan fingerprint density at radius 2 is 1.98 bits per heavy atom. The summed E-state index contributed by atoms with van der Waals surface area (Å²) in [4.78, 5) is 24.5. The van der Waals surface area contributed by atoms with Crippen LogP contribution >= 0.6 is 0 Å². The number of pyridine rings is 1. The smallest absolute Gasteiger partial charge is 0.416 e. The lowest BCUT2D eigenvalue weighted by Gasteiger charge is -2.33. The average molecular weight is 566 g/mol. The van der Waals surface area contributed by atoms with Gasteiger partial charge in [0.2, 0.25) is 11.8 Å². The second-order valence-electron chi connectivity index (χ2n) is 9.84. The maximum Gasteiger partial charge on any atom is 0.416 e. The average Bonchev–Trinajstić information content (AvgIpc) is 2.94. The summed E-state index contributed by atoms with van der Waals surface area (Å²) < 4.78 is 60.6. The van der Waals surface area contributed by atoms with Crippen molar-refractivity contribution in [1.29, 1.82) is 0 Å². The molecular weight excluding hydrogens is 538 g/mol. The van der Waals surface area contributed by atoms with E-state index in [9.17, 15) is 18.0 Å². The standard InChI is InChI=1S/C30H27F4N5O2/c1-2-4-26(40)39-19-6-3-5-17(11-19)22-14-23(28(35)24-15-36-16-38-29(22)24)21-8-7-20(13-25(21)31)41-27-12-18(9-10-37-27)30(32,33)34/h2-6,9-12,14-16,20-21,25H,7-8,13,35H2,1H3,(H,39,40)/b4-2+/t20-,21?,25?/m1/s1. The molecule has 1 fully saturated rings. The topological polar surface area (TPSA) is 103 Å². The lowest BCUT2D eigenvalue weighted by Crippen LogP contribution is -2.32. The molecule has 1 saturated carbocycles. The molecule has 41 heavy (non-hydrogen) atoms. The summed E-state index contributed by atoms with van der Waals surface area (Å²) in [6.45, 7) is 1.75. The van der Waals surface area contributed by atoms with Crippen molar-refractivity contribution in [2.24, 2.45) is 0 Å². The van der Waals surface area contributed by atoms with Gasteiger partial charge in [0.25, 0.3) is 0 Å². The Morgan fingerprint density at radius 3 is 2.73 bits per heavy atom. The highest BCUT2D eigenvalue weighted by Crippen LogP contribution is 2.44. The number of nitrogens with two attached hydrogens (primary N) is 1. The maximum atomic E-state index is 15.7. The highest BCUT2D eigenvalue weighted by molar-refractivity contribution is 6.03. The zero-order valence-electron chi connectivity index (χ0n) is 22.0. The van der Waals surface area contributed by atoms with Crippen molar-refractivity contribution < 1.29 is 27.1 Å². The van der Waals surface area contributed by atoms with Crippen molar-refractivity contribution in [3.63, 3.8) is 0 Å². The van der Waals surface area contributed by atoms with E-state index < -0.39 is 29.9 Å². The molecule has 0 aliphatic heterocycles. The van der Waals surface area contributed by atoms with Gasteiger partial charge in [-0.3, -0.25) is 4.79 Å². The van der Waals surface area contributed by atoms with Crippen LogP contribution in [0, 0.1) is 0 Å². The number of alkyl halides is 4. The van der Waals surface area contributed by atoms with Crippen LogP contribution in [-0.4, -0.2) is 33.1 Å². The number of nitrogen functional groups attached to an aromatic ring is 1. The van der Waals surface area contributed by atoms with Crippen molar-refractivity contribution in [2.45, 2.75) is 50.6 Å². The predicted octanol–water partition coefficient (Wildman–Crippen LogP) is 6.86. The molecule has 4 aromatic rings. The van der Waals surface area contributed by atoms with Crippen LogP contribution in [0.2, 0.25) is 0 Å². The number of aromatic nitrogens is 3. The molecule has 1 aliphatic carbocycles. The number of hydrogen-bond donors (Lipinski definition) is 2. The highest BCUT2D eigenvalue weighted by Gasteiger charge is 2.36. The van der Waals surface area contributed by atoms with Crippen molar-refractivity contribution >= 4 is 28.2 Å². The number of ether oxygens (including phenoxy) is 1. The van der Waals surface area contributed by atoms with Gasteiger partial charge in [0.15, 0.2) is 0 Å². The van der Waals surface area contributed by atoms with Crippen molar-refractivity contribution in [3.8, 4) is 17.0 Å². The summed E-state index contributed by atoms with van der Waals surface area (Å²) in [5.74, 6) is -1.04. The Morgan fingerprint density at radius 1 is 1.15 bits per heavy atom. The molecule has 5 rings (SSSR count). The van der Waals surface area contributed by atoms with Crippen molar-refractivity contribution in [3.05, 3.63) is 84.5 Å². The van der Waals surface area contributed by atoms with Gasteiger partial charge in [-0.15, -0.1) is 0 Å². The zero-order chi connectivity index (χ0) is 29.1. The lowest BCUT2D eigenvalue weighted by atomic mass is 9.79. The first-order valence-corrected chi connectivity index (χ1v) is 13.0. The summed E-state index contributed by atoms with van der Waals surface area (Å²) in [7, 11) is 0. The van der Waals surface area contributed by atoms with Crippen LogP contribution in [-0.2, 0) is 11.0 Å². The number of anilines is 2. The summed E-state index contributed by atoms with van der Waals surface area (Å²) in [6, 6.07) is 10.7. The van der Waals surface area contributed by atoms with Crippen LogP contribution in [0.25, 0.3) is 22.0 Å². The van der Waals surface area contributed by atoms with E-state index in [1.165, 1.54) is 12.4 Å². The fraction of sp³-hybridized carbons (Fsp3) is 0.267. The van der Waals surface area contributed by atoms with Crippen LogP contribution in [0.5, 0.6) is 5.88 Å². The predicted molar refractivity (Wildman–Crippen MR) is 148 cm³/mol. The lowest BCUT2D eigenvalue weighted by molar-refractivity contribution is -0.137. The molecule has 0 saturated heterocycles. The normalized spacial score (nSPS) is 19.4. The van der Waals surface area contributed by atoms with Gasteiger partial charge in [-0.25, -0.2) is 19.3 Å². The number of hydrogen-bond acceptors (Lipinski definition) is 6. The van der Waals surface area contributed by atoms with Crippen LogP contribution in [0.3, 0.4) is 0 Å². The van der Waals surface area contributed by atoms with Gasteiger partial charge in [-0.2, -0.15) is 13.2 Å². The van der Waals surface area contributed by atoms with E-state index in [-0.39, 0.29) is 18.2 Å². The SMILES string of the molecule is C/C=C/C(=O)Nc1cccc(-c2cc(C3CC[C@@H](Oc4cc(C(F)(F)F)ccn4)CC3F)c(N)c3cncnc23)c1. The minimum atomic E-state index is -4.53. The molecular formula is C30H27F4N5O2. The first-order valence-electron chi connectivity index (χ1n) is 13.0. The first kappa shape index (κ1) is 28.0. The van der Waals surface area contributed by atoms with Gasteiger partial charge in [0, 0.05) is 53.1 Å². The Hall–Kier alpha value is -4.54. The number of carbonyl (C=O) groups excluding carboxylic acids is 1. The number of amides is 1. The Labute approximate surface area is 233 Å². The van der Waals surface area contributed by atoms with Gasteiger partial charge >= 0.3 is 6.18 Å². The summed E-state index contributed by atoms with van der Waals surface area (Å²) in [5.41, 5.74) is 9.24. The third-order valence-corrected chi connectivity index (χ3v) is 7.10. The molecule has 3 atom stereocenters. The fourth-order valence-electron chi connectivity index (χ4n) is 5.18. The molecule has 2 aromatic carbocycles. The number of nitrogens with one attached hydrogen (secondary N) is 1. The highest BCUT2D eigenvalue weighted by atomic mass is 19.4. The summed E-state index contributed by atoms with van der Waals surface area (Å²) in [6.07, 6.45) is 1.25. The van der Waals surface area contributed by atoms with Crippen LogP contribution in [0.4, 0.5) is 28.9 Å². The second-order valence-corrected chi connectivity index (χ2v) is 9.84. The molecule has 7 nitrogen and oxygen atoms in total. The van der Waals surface area contributed by atoms with E-state index in [0.717, 1.165) is 23.9 Å². The molecule has 1 aliphatic rings. The van der Waals surface area contributed by atoms with Crippen molar-refractivity contribution in [2.75, 3.05) is 11.1 Å². The number of allylic oxidation sites excluding steroid dienone is 1. The Balaban J connectivity index is 1.43. The monoisotopic (exact) mass is 565 g/mol.